The van der Waals surface area contributed by atoms with Gasteiger partial charge in [0, 0.05) is 31.2 Å². The molecule has 10 heteroatoms. The number of anilines is 1. The Balaban J connectivity index is 1.42. The van der Waals surface area contributed by atoms with E-state index >= 15 is 0 Å². The van der Waals surface area contributed by atoms with Crippen LogP contribution in [0, 0.1) is 0 Å². The van der Waals surface area contributed by atoms with Crippen LogP contribution in [0.1, 0.15) is 61.4 Å². The lowest BCUT2D eigenvalue weighted by molar-refractivity contribution is -0.133. The number of nitrogens with zero attached hydrogens (tertiary/aromatic N) is 1. The molecule has 3 heterocycles. The summed E-state index contributed by atoms with van der Waals surface area (Å²) in [6.07, 6.45) is 0.662. The zero-order valence-corrected chi connectivity index (χ0v) is 23.0. The van der Waals surface area contributed by atoms with Crippen molar-refractivity contribution in [2.75, 3.05) is 25.0 Å². The topological polar surface area (TPSA) is 129 Å². The summed E-state index contributed by atoms with van der Waals surface area (Å²) in [6, 6.07) is 12.9. The maximum absolute atomic E-state index is 13.5. The van der Waals surface area contributed by atoms with Gasteiger partial charge in [0.1, 0.15) is 17.9 Å². The Morgan fingerprint density at radius 2 is 1.90 bits per heavy atom. The van der Waals surface area contributed by atoms with Gasteiger partial charge in [-0.15, -0.1) is 0 Å². The van der Waals surface area contributed by atoms with Crippen molar-refractivity contribution < 1.29 is 29.0 Å². The first-order chi connectivity index (χ1) is 19.3. The van der Waals surface area contributed by atoms with Gasteiger partial charge in [-0.25, -0.2) is 4.79 Å². The number of likely N-dealkylation sites (tertiary alicyclic amines) is 1. The van der Waals surface area contributed by atoms with Crippen LogP contribution in [0.5, 0.6) is 5.75 Å². The van der Waals surface area contributed by atoms with Crippen LogP contribution < -0.4 is 20.7 Å². The van der Waals surface area contributed by atoms with Gasteiger partial charge in [0.15, 0.2) is 0 Å². The van der Waals surface area contributed by atoms with Crippen LogP contribution in [-0.4, -0.2) is 77.9 Å². The fourth-order valence-corrected chi connectivity index (χ4v) is 5.56. The maximum Gasteiger partial charge on any atom is 0.322 e. The number of rotatable bonds is 2. The summed E-state index contributed by atoms with van der Waals surface area (Å²) < 4.78 is 12.3. The van der Waals surface area contributed by atoms with E-state index in [4.69, 9.17) is 9.47 Å². The van der Waals surface area contributed by atoms with Crippen molar-refractivity contribution in [3.05, 3.63) is 59.7 Å². The fourth-order valence-electron chi connectivity index (χ4n) is 5.56. The number of carbonyl (C=O) groups excluding carboxylic acids is 3. The lowest BCUT2D eigenvalue weighted by Crippen LogP contribution is -2.51. The molecule has 4 bridgehead atoms. The zero-order chi connectivity index (χ0) is 28.2. The van der Waals surface area contributed by atoms with E-state index < -0.39 is 30.3 Å². The summed E-state index contributed by atoms with van der Waals surface area (Å²) in [7, 11) is 0. The van der Waals surface area contributed by atoms with Crippen LogP contribution in [0.2, 0.25) is 0 Å². The highest BCUT2D eigenvalue weighted by Crippen LogP contribution is 2.28. The lowest BCUT2D eigenvalue weighted by atomic mass is 9.99. The van der Waals surface area contributed by atoms with Gasteiger partial charge < -0.3 is 35.4 Å². The Morgan fingerprint density at radius 1 is 1.10 bits per heavy atom. The standard InChI is InChI=1S/C30H38N4O6/c1-18(2)19-8-10-23-26(14-19)39-13-12-22-9-11-25(35)27(40-22)16-31-29(37)24-15-21(32-28(23)36)17-34(24)30(38)33-20-6-4-3-5-7-20/h3-8,10,14,18,21-22,24-25,27,35H,9,11-13,15-17H2,1-2H3,(H,31,37)(H,32,36)(H,33,38)/t21-,22-,24-,25-,27+/m0/s1. The molecule has 2 aromatic carbocycles. The number of benzene rings is 2. The molecule has 0 radical (unpaired) electrons. The lowest BCUT2D eigenvalue weighted by Gasteiger charge is -2.34. The van der Waals surface area contributed by atoms with E-state index in [2.05, 4.69) is 29.8 Å². The first-order valence-electron chi connectivity index (χ1n) is 14.1. The number of para-hydroxylation sites is 1. The molecular weight excluding hydrogens is 512 g/mol. The molecule has 4 amide bonds. The summed E-state index contributed by atoms with van der Waals surface area (Å²) in [4.78, 5) is 41.6. The van der Waals surface area contributed by atoms with Crippen molar-refractivity contribution in [2.24, 2.45) is 0 Å². The predicted molar refractivity (Wildman–Crippen MR) is 149 cm³/mol. The number of ether oxygens (including phenoxy) is 2. The molecule has 40 heavy (non-hydrogen) atoms. The summed E-state index contributed by atoms with van der Waals surface area (Å²) in [5, 5.41) is 19.3. The molecule has 10 nitrogen and oxygen atoms in total. The molecule has 2 fully saturated rings. The molecule has 5 rings (SSSR count). The van der Waals surface area contributed by atoms with E-state index in [1.165, 1.54) is 4.90 Å². The molecule has 214 valence electrons. The second-order valence-corrected chi connectivity index (χ2v) is 11.1. The Kier molecular flexibility index (Phi) is 8.56. The number of aliphatic hydroxyl groups is 1. The van der Waals surface area contributed by atoms with Crippen LogP contribution in [0.25, 0.3) is 0 Å². The quantitative estimate of drug-likeness (QED) is 0.455. The highest BCUT2D eigenvalue weighted by molar-refractivity contribution is 5.98. The van der Waals surface area contributed by atoms with Gasteiger partial charge >= 0.3 is 6.03 Å². The van der Waals surface area contributed by atoms with Gasteiger partial charge in [-0.1, -0.05) is 38.1 Å². The summed E-state index contributed by atoms with van der Waals surface area (Å²) >= 11 is 0. The third kappa shape index (κ3) is 6.39. The van der Waals surface area contributed by atoms with Crippen LogP contribution in [0.15, 0.2) is 48.5 Å². The first-order valence-corrected chi connectivity index (χ1v) is 14.1. The van der Waals surface area contributed by atoms with Gasteiger partial charge in [0.25, 0.3) is 5.91 Å². The molecule has 0 unspecified atom stereocenters. The number of nitrogens with one attached hydrogen (secondary N) is 3. The minimum Gasteiger partial charge on any atom is -0.493 e. The third-order valence-electron chi connectivity index (χ3n) is 7.90. The molecule has 0 saturated carbocycles. The molecule has 3 aliphatic rings. The van der Waals surface area contributed by atoms with Gasteiger partial charge in [0.05, 0.1) is 24.4 Å². The summed E-state index contributed by atoms with van der Waals surface area (Å²) in [5.74, 6) is 0.0838. The minimum atomic E-state index is -0.808. The Bertz CT molecular complexity index is 1220. The zero-order valence-electron chi connectivity index (χ0n) is 23.0. The van der Waals surface area contributed by atoms with E-state index in [1.807, 2.05) is 30.3 Å². The second kappa shape index (κ2) is 12.3. The van der Waals surface area contributed by atoms with Crippen LogP contribution in [0.3, 0.4) is 0 Å². The number of hydrogen-bond donors (Lipinski definition) is 4. The molecule has 0 aliphatic carbocycles. The average Bonchev–Trinajstić information content (AvgIpc) is 3.37. The Morgan fingerprint density at radius 3 is 2.67 bits per heavy atom. The smallest absolute Gasteiger partial charge is 0.322 e. The van der Waals surface area contributed by atoms with Gasteiger partial charge in [-0.2, -0.15) is 0 Å². The number of carbonyl (C=O) groups is 3. The van der Waals surface area contributed by atoms with Crippen LogP contribution >= 0.6 is 0 Å². The van der Waals surface area contributed by atoms with Gasteiger partial charge in [-0.3, -0.25) is 9.59 Å². The maximum atomic E-state index is 13.5. The molecule has 2 saturated heterocycles. The highest BCUT2D eigenvalue weighted by Gasteiger charge is 2.41. The van der Waals surface area contributed by atoms with Crippen molar-refractivity contribution in [3.63, 3.8) is 0 Å². The monoisotopic (exact) mass is 550 g/mol. The molecular formula is C30H38N4O6. The van der Waals surface area contributed by atoms with E-state index in [9.17, 15) is 19.5 Å². The van der Waals surface area contributed by atoms with Crippen molar-refractivity contribution in [1.82, 2.24) is 15.5 Å². The normalized spacial score (nSPS) is 27.3. The molecule has 0 spiro atoms. The highest BCUT2D eigenvalue weighted by atomic mass is 16.5. The van der Waals surface area contributed by atoms with Crippen LogP contribution in [-0.2, 0) is 9.53 Å². The number of urea groups is 1. The molecule has 2 aromatic rings. The molecule has 5 atom stereocenters. The Hall–Kier alpha value is -3.63. The van der Waals surface area contributed by atoms with Crippen molar-refractivity contribution in [3.8, 4) is 5.75 Å². The SMILES string of the molecule is CC(C)c1ccc2c(c1)OCC[C@@H]1CC[C@H](O)[C@@H](CNC(=O)[C@@H]3C[C@@H](CN3C(=O)Nc3ccccc3)NC2=O)O1. The van der Waals surface area contributed by atoms with Crippen molar-refractivity contribution in [1.29, 1.82) is 0 Å². The second-order valence-electron chi connectivity index (χ2n) is 11.1. The van der Waals surface area contributed by atoms with Gasteiger partial charge in [-0.05, 0) is 55.0 Å². The van der Waals surface area contributed by atoms with Crippen LogP contribution in [0.4, 0.5) is 10.5 Å². The fraction of sp³-hybridized carbons (Fsp3) is 0.500. The minimum absolute atomic E-state index is 0.125. The molecule has 4 N–H and O–H groups in total. The summed E-state index contributed by atoms with van der Waals surface area (Å²) in [5.41, 5.74) is 2.07. The Labute approximate surface area is 234 Å². The third-order valence-corrected chi connectivity index (χ3v) is 7.90. The predicted octanol–water partition coefficient (Wildman–Crippen LogP) is 3.02. The average molecular weight is 551 g/mol. The number of amides is 4. The van der Waals surface area contributed by atoms with E-state index in [0.717, 1.165) is 5.56 Å². The first kappa shape index (κ1) is 27.9. The molecule has 3 aliphatic heterocycles. The summed E-state index contributed by atoms with van der Waals surface area (Å²) in [6.45, 7) is 4.79. The van der Waals surface area contributed by atoms with Crippen molar-refractivity contribution >= 4 is 23.5 Å². The number of fused-ring (bicyclic) bond motifs is 5. The largest absolute Gasteiger partial charge is 0.493 e. The van der Waals surface area contributed by atoms with E-state index in [-0.39, 0.29) is 43.3 Å². The van der Waals surface area contributed by atoms with Crippen molar-refractivity contribution in [2.45, 2.75) is 75.8 Å². The van der Waals surface area contributed by atoms with E-state index in [0.29, 0.717) is 42.9 Å². The number of hydrogen-bond acceptors (Lipinski definition) is 6. The molecule has 0 aromatic heterocycles. The van der Waals surface area contributed by atoms with E-state index in [1.54, 1.807) is 18.2 Å². The van der Waals surface area contributed by atoms with Gasteiger partial charge in [0.2, 0.25) is 5.91 Å². The number of aliphatic hydroxyl groups excluding tert-OH is 1.